The fourth-order valence-corrected chi connectivity index (χ4v) is 2.14. The van der Waals surface area contributed by atoms with Gasteiger partial charge in [-0.2, -0.15) is 0 Å². The molecule has 2 aromatic carbocycles. The molecule has 110 valence electrons. The second-order valence-corrected chi connectivity index (χ2v) is 5.25. The van der Waals surface area contributed by atoms with Crippen molar-refractivity contribution in [1.82, 2.24) is 0 Å². The first-order valence-corrected chi connectivity index (χ1v) is 6.71. The number of aryl methyl sites for hydroxylation is 1. The molecule has 5 heteroatoms. The number of nitrogen functional groups attached to an aromatic ring is 1. The van der Waals surface area contributed by atoms with Gasteiger partial charge in [-0.25, -0.2) is 0 Å². The number of nitro benzene ring substituents is 1. The van der Waals surface area contributed by atoms with Gasteiger partial charge in [0, 0.05) is 0 Å². The highest BCUT2D eigenvalue weighted by molar-refractivity contribution is 5.66. The summed E-state index contributed by atoms with van der Waals surface area (Å²) in [6, 6.07) is 10.5. The van der Waals surface area contributed by atoms with E-state index in [2.05, 4.69) is 0 Å². The molecule has 0 radical (unpaired) electrons. The van der Waals surface area contributed by atoms with Crippen molar-refractivity contribution in [3.05, 3.63) is 57.6 Å². The number of nitrogens with two attached hydrogens (primary N) is 1. The minimum Gasteiger partial charge on any atom is -0.450 e. The topological polar surface area (TPSA) is 78.4 Å². The van der Waals surface area contributed by atoms with E-state index in [9.17, 15) is 10.1 Å². The number of anilines is 1. The number of ether oxygens (including phenoxy) is 1. The largest absolute Gasteiger partial charge is 0.450 e. The fraction of sp³-hybridized carbons (Fsp3) is 0.250. The summed E-state index contributed by atoms with van der Waals surface area (Å²) in [7, 11) is 0. The standard InChI is InChI=1S/C16H18N2O3/c1-10(2)12-8-7-11(3)9-15(12)21-14-6-4-5-13(17)16(14)18(19)20/h4-10H,17H2,1-3H3. The highest BCUT2D eigenvalue weighted by atomic mass is 16.6. The zero-order chi connectivity index (χ0) is 15.6. The zero-order valence-corrected chi connectivity index (χ0v) is 12.3. The molecule has 0 unspecified atom stereocenters. The maximum Gasteiger partial charge on any atom is 0.334 e. The first-order chi connectivity index (χ1) is 9.90. The summed E-state index contributed by atoms with van der Waals surface area (Å²) >= 11 is 0. The van der Waals surface area contributed by atoms with Crippen LogP contribution < -0.4 is 10.5 Å². The number of hydrogen-bond acceptors (Lipinski definition) is 4. The van der Waals surface area contributed by atoms with Gasteiger partial charge in [0.1, 0.15) is 11.4 Å². The second kappa shape index (κ2) is 5.83. The normalized spacial score (nSPS) is 10.7. The first kappa shape index (κ1) is 14.8. The number of para-hydroxylation sites is 1. The van der Waals surface area contributed by atoms with Crippen LogP contribution in [0.2, 0.25) is 0 Å². The van der Waals surface area contributed by atoms with Crippen molar-refractivity contribution in [2.75, 3.05) is 5.73 Å². The minimum absolute atomic E-state index is 0.0938. The molecule has 0 spiro atoms. The monoisotopic (exact) mass is 286 g/mol. The lowest BCUT2D eigenvalue weighted by molar-refractivity contribution is -0.384. The molecule has 0 saturated carbocycles. The Morgan fingerprint density at radius 3 is 2.52 bits per heavy atom. The highest BCUT2D eigenvalue weighted by Gasteiger charge is 2.21. The number of nitro groups is 1. The third-order valence-electron chi connectivity index (χ3n) is 3.22. The summed E-state index contributed by atoms with van der Waals surface area (Å²) in [5.41, 5.74) is 7.60. The van der Waals surface area contributed by atoms with E-state index in [4.69, 9.17) is 10.5 Å². The van der Waals surface area contributed by atoms with Crippen LogP contribution in [0.3, 0.4) is 0 Å². The summed E-state index contributed by atoms with van der Waals surface area (Å²) in [5.74, 6) is 1.03. The van der Waals surface area contributed by atoms with Crippen molar-refractivity contribution in [2.45, 2.75) is 26.7 Å². The molecule has 2 aromatic rings. The Bertz CT molecular complexity index is 681. The van der Waals surface area contributed by atoms with Gasteiger partial charge in [0.2, 0.25) is 5.75 Å². The summed E-state index contributed by atoms with van der Waals surface area (Å²) < 4.78 is 5.80. The van der Waals surface area contributed by atoms with Gasteiger partial charge in [-0.05, 0) is 42.2 Å². The van der Waals surface area contributed by atoms with Crippen molar-refractivity contribution < 1.29 is 9.66 Å². The molecule has 0 aromatic heterocycles. The van der Waals surface area contributed by atoms with E-state index < -0.39 is 4.92 Å². The van der Waals surface area contributed by atoms with E-state index in [1.54, 1.807) is 12.1 Å². The molecule has 2 rings (SSSR count). The van der Waals surface area contributed by atoms with Gasteiger partial charge in [-0.1, -0.05) is 32.0 Å². The van der Waals surface area contributed by atoms with Crippen molar-refractivity contribution in [1.29, 1.82) is 0 Å². The van der Waals surface area contributed by atoms with E-state index in [0.29, 0.717) is 5.75 Å². The molecule has 0 aliphatic rings. The Labute approximate surface area is 123 Å². The van der Waals surface area contributed by atoms with Crippen molar-refractivity contribution in [3.8, 4) is 11.5 Å². The molecule has 21 heavy (non-hydrogen) atoms. The lowest BCUT2D eigenvalue weighted by atomic mass is 10.0. The number of nitrogens with zero attached hydrogens (tertiary/aromatic N) is 1. The van der Waals surface area contributed by atoms with Crippen LogP contribution in [0.15, 0.2) is 36.4 Å². The Hall–Kier alpha value is -2.56. The lowest BCUT2D eigenvalue weighted by Gasteiger charge is -2.15. The number of hydrogen-bond donors (Lipinski definition) is 1. The highest BCUT2D eigenvalue weighted by Crippen LogP contribution is 2.38. The van der Waals surface area contributed by atoms with E-state index in [-0.39, 0.29) is 23.0 Å². The Morgan fingerprint density at radius 1 is 1.19 bits per heavy atom. The van der Waals surface area contributed by atoms with Crippen LogP contribution in [0.4, 0.5) is 11.4 Å². The summed E-state index contributed by atoms with van der Waals surface area (Å²) in [6.07, 6.45) is 0. The van der Waals surface area contributed by atoms with Crippen LogP contribution in [-0.4, -0.2) is 4.92 Å². The smallest absolute Gasteiger partial charge is 0.334 e. The molecule has 0 bridgehead atoms. The van der Waals surface area contributed by atoms with Gasteiger partial charge in [0.15, 0.2) is 0 Å². The van der Waals surface area contributed by atoms with Crippen molar-refractivity contribution in [3.63, 3.8) is 0 Å². The van der Waals surface area contributed by atoms with E-state index in [1.165, 1.54) is 6.07 Å². The van der Waals surface area contributed by atoms with Crippen LogP contribution in [0.1, 0.15) is 30.9 Å². The molecule has 0 amide bonds. The minimum atomic E-state index is -0.518. The van der Waals surface area contributed by atoms with Gasteiger partial charge in [-0.15, -0.1) is 0 Å². The number of rotatable bonds is 4. The number of benzene rings is 2. The predicted octanol–water partition coefficient (Wildman–Crippen LogP) is 4.40. The van der Waals surface area contributed by atoms with Gasteiger partial charge >= 0.3 is 5.69 Å². The molecule has 0 saturated heterocycles. The second-order valence-electron chi connectivity index (χ2n) is 5.25. The van der Waals surface area contributed by atoms with Gasteiger partial charge in [0.25, 0.3) is 0 Å². The van der Waals surface area contributed by atoms with Crippen molar-refractivity contribution >= 4 is 11.4 Å². The average molecular weight is 286 g/mol. The summed E-state index contributed by atoms with van der Waals surface area (Å²) in [5, 5.41) is 11.2. The molecule has 0 heterocycles. The Morgan fingerprint density at radius 2 is 1.90 bits per heavy atom. The molecule has 0 atom stereocenters. The maximum atomic E-state index is 11.2. The molecule has 0 fully saturated rings. The lowest BCUT2D eigenvalue weighted by Crippen LogP contribution is -2.00. The summed E-state index contributed by atoms with van der Waals surface area (Å²) in [4.78, 5) is 10.6. The molecule has 0 aliphatic heterocycles. The SMILES string of the molecule is Cc1ccc(C(C)C)c(Oc2cccc(N)c2[N+](=O)[O-])c1. The van der Waals surface area contributed by atoms with Crippen LogP contribution in [0.25, 0.3) is 0 Å². The van der Waals surface area contributed by atoms with E-state index in [1.807, 2.05) is 39.0 Å². The van der Waals surface area contributed by atoms with Crippen LogP contribution in [0.5, 0.6) is 11.5 Å². The zero-order valence-electron chi connectivity index (χ0n) is 12.3. The quantitative estimate of drug-likeness (QED) is 0.513. The van der Waals surface area contributed by atoms with Crippen molar-refractivity contribution in [2.24, 2.45) is 0 Å². The first-order valence-electron chi connectivity index (χ1n) is 6.71. The van der Waals surface area contributed by atoms with Crippen LogP contribution in [0, 0.1) is 17.0 Å². The Balaban J connectivity index is 2.50. The molecular formula is C16H18N2O3. The Kier molecular flexibility index (Phi) is 4.12. The van der Waals surface area contributed by atoms with E-state index in [0.717, 1.165) is 11.1 Å². The fourth-order valence-electron chi connectivity index (χ4n) is 2.14. The van der Waals surface area contributed by atoms with Crippen LogP contribution in [-0.2, 0) is 0 Å². The molecular weight excluding hydrogens is 268 g/mol. The van der Waals surface area contributed by atoms with Gasteiger partial charge in [0.05, 0.1) is 4.92 Å². The van der Waals surface area contributed by atoms with E-state index >= 15 is 0 Å². The molecule has 5 nitrogen and oxygen atoms in total. The average Bonchev–Trinajstić information content (AvgIpc) is 2.37. The molecule has 2 N–H and O–H groups in total. The third-order valence-corrected chi connectivity index (χ3v) is 3.22. The van der Waals surface area contributed by atoms with Crippen LogP contribution >= 0.6 is 0 Å². The molecule has 0 aliphatic carbocycles. The predicted molar refractivity (Wildman–Crippen MR) is 82.9 cm³/mol. The van der Waals surface area contributed by atoms with Gasteiger partial charge in [-0.3, -0.25) is 10.1 Å². The third kappa shape index (κ3) is 3.13. The maximum absolute atomic E-state index is 11.2. The summed E-state index contributed by atoms with van der Waals surface area (Å²) in [6.45, 7) is 6.04. The van der Waals surface area contributed by atoms with Gasteiger partial charge < -0.3 is 10.5 Å².